The first-order chi connectivity index (χ1) is 9.88. The minimum absolute atomic E-state index is 0.170. The van der Waals surface area contributed by atoms with E-state index < -0.39 is 0 Å². The van der Waals surface area contributed by atoms with Gasteiger partial charge in [0.05, 0.1) is 0 Å². The van der Waals surface area contributed by atoms with E-state index in [0.717, 1.165) is 0 Å². The van der Waals surface area contributed by atoms with Crippen LogP contribution < -0.4 is 5.32 Å². The maximum absolute atomic E-state index is 5.55. The van der Waals surface area contributed by atoms with Crippen molar-refractivity contribution in [2.45, 2.75) is 59.3 Å². The van der Waals surface area contributed by atoms with Gasteiger partial charge in [-0.05, 0) is 37.3 Å². The van der Waals surface area contributed by atoms with Gasteiger partial charge in [-0.1, -0.05) is 45.0 Å². The van der Waals surface area contributed by atoms with E-state index in [-0.39, 0.29) is 17.7 Å². The van der Waals surface area contributed by atoms with Crippen molar-refractivity contribution in [3.63, 3.8) is 0 Å². The number of rotatable bonds is 8. The van der Waals surface area contributed by atoms with Crippen LogP contribution in [0.15, 0.2) is 24.3 Å². The minimum Gasteiger partial charge on any atom is -0.352 e. The summed E-state index contributed by atoms with van der Waals surface area (Å²) in [6.07, 6.45) is -0.170. The van der Waals surface area contributed by atoms with Gasteiger partial charge in [0, 0.05) is 25.8 Å². The zero-order valence-electron chi connectivity index (χ0n) is 14.4. The van der Waals surface area contributed by atoms with E-state index in [1.165, 1.54) is 11.1 Å². The lowest BCUT2D eigenvalue weighted by Gasteiger charge is -2.22. The molecule has 0 bridgehead atoms. The summed E-state index contributed by atoms with van der Waals surface area (Å²) in [5.41, 5.74) is 2.85. The van der Waals surface area contributed by atoms with E-state index in [1.807, 2.05) is 13.8 Å². The molecule has 1 aromatic carbocycles. The summed E-state index contributed by atoms with van der Waals surface area (Å²) in [7, 11) is 0. The first-order valence-electron chi connectivity index (χ1n) is 7.95. The van der Waals surface area contributed by atoms with E-state index in [4.69, 9.17) is 9.47 Å². The lowest BCUT2D eigenvalue weighted by atomic mass is 9.86. The van der Waals surface area contributed by atoms with Crippen LogP contribution in [0, 0.1) is 0 Å². The van der Waals surface area contributed by atoms with Crippen LogP contribution in [-0.4, -0.2) is 26.0 Å². The highest BCUT2D eigenvalue weighted by atomic mass is 16.7. The van der Waals surface area contributed by atoms with E-state index in [2.05, 4.69) is 57.3 Å². The van der Waals surface area contributed by atoms with Crippen molar-refractivity contribution >= 4 is 0 Å². The summed E-state index contributed by atoms with van der Waals surface area (Å²) in [6.45, 7) is 14.9. The molecule has 0 saturated carbocycles. The fourth-order valence-electron chi connectivity index (χ4n) is 2.20. The van der Waals surface area contributed by atoms with E-state index >= 15 is 0 Å². The molecule has 21 heavy (non-hydrogen) atoms. The molecule has 120 valence electrons. The largest absolute Gasteiger partial charge is 0.352 e. The zero-order chi connectivity index (χ0) is 15.9. The molecular weight excluding hydrogens is 262 g/mol. The Kier molecular flexibility index (Phi) is 7.36. The fourth-order valence-corrected chi connectivity index (χ4v) is 2.20. The van der Waals surface area contributed by atoms with Crippen LogP contribution in [0.25, 0.3) is 0 Å². The van der Waals surface area contributed by atoms with Gasteiger partial charge >= 0.3 is 0 Å². The van der Waals surface area contributed by atoms with Crippen molar-refractivity contribution in [1.29, 1.82) is 0 Å². The molecule has 0 saturated heterocycles. The second-order valence-corrected chi connectivity index (χ2v) is 6.34. The van der Waals surface area contributed by atoms with E-state index in [0.29, 0.717) is 19.8 Å². The maximum Gasteiger partial charge on any atom is 0.169 e. The van der Waals surface area contributed by atoms with Gasteiger partial charge in [-0.25, -0.2) is 0 Å². The Bertz CT molecular complexity index is 389. The summed E-state index contributed by atoms with van der Waals surface area (Å²) in [5, 5.41) is 3.48. The number of hydrogen-bond acceptors (Lipinski definition) is 3. The summed E-state index contributed by atoms with van der Waals surface area (Å²) in [6, 6.07) is 9.12. The number of nitrogens with one attached hydrogen (secondary N) is 1. The standard InChI is InChI=1S/C18H31NO2/c1-7-20-17(21-8-2)13-19-14(3)15-9-11-16(12-10-15)18(4,5)6/h9-12,14,17,19H,7-8,13H2,1-6H3. The van der Waals surface area contributed by atoms with Crippen molar-refractivity contribution in [2.75, 3.05) is 19.8 Å². The molecule has 1 atom stereocenters. The van der Waals surface area contributed by atoms with E-state index in [9.17, 15) is 0 Å². The van der Waals surface area contributed by atoms with Crippen LogP contribution in [0.5, 0.6) is 0 Å². The number of ether oxygens (including phenoxy) is 2. The highest BCUT2D eigenvalue weighted by Crippen LogP contribution is 2.23. The normalized spacial score (nSPS) is 13.7. The van der Waals surface area contributed by atoms with Crippen LogP contribution in [-0.2, 0) is 14.9 Å². The van der Waals surface area contributed by atoms with Crippen molar-refractivity contribution in [2.24, 2.45) is 0 Å². The van der Waals surface area contributed by atoms with Crippen LogP contribution in [0.2, 0.25) is 0 Å². The molecule has 0 heterocycles. The highest BCUT2D eigenvalue weighted by Gasteiger charge is 2.15. The molecule has 1 N–H and O–H groups in total. The highest BCUT2D eigenvalue weighted by molar-refractivity contribution is 5.28. The van der Waals surface area contributed by atoms with Gasteiger partial charge in [-0.2, -0.15) is 0 Å². The molecule has 0 aliphatic carbocycles. The third kappa shape index (κ3) is 6.16. The first-order valence-corrected chi connectivity index (χ1v) is 7.95. The average molecular weight is 293 g/mol. The molecule has 1 rings (SSSR count). The van der Waals surface area contributed by atoms with Crippen molar-refractivity contribution in [1.82, 2.24) is 5.32 Å². The van der Waals surface area contributed by atoms with Gasteiger partial charge in [-0.3, -0.25) is 0 Å². The van der Waals surface area contributed by atoms with Crippen LogP contribution in [0.3, 0.4) is 0 Å². The van der Waals surface area contributed by atoms with Gasteiger partial charge < -0.3 is 14.8 Å². The average Bonchev–Trinajstić information content (AvgIpc) is 2.44. The van der Waals surface area contributed by atoms with Crippen molar-refractivity contribution in [3.8, 4) is 0 Å². The predicted molar refractivity (Wildman–Crippen MR) is 88.6 cm³/mol. The molecule has 0 fully saturated rings. The first kappa shape index (κ1) is 18.1. The molecule has 3 nitrogen and oxygen atoms in total. The molecule has 0 spiro atoms. The minimum atomic E-state index is -0.170. The zero-order valence-corrected chi connectivity index (χ0v) is 14.4. The molecule has 0 radical (unpaired) electrons. The molecule has 0 aliphatic heterocycles. The Morgan fingerprint density at radius 1 is 1.00 bits per heavy atom. The topological polar surface area (TPSA) is 30.5 Å². The summed E-state index contributed by atoms with van der Waals surface area (Å²) in [4.78, 5) is 0. The SMILES string of the molecule is CCOC(CNC(C)c1ccc(C(C)(C)C)cc1)OCC. The van der Waals surface area contributed by atoms with Gasteiger partial charge in [0.2, 0.25) is 0 Å². The molecular formula is C18H31NO2. The van der Waals surface area contributed by atoms with Crippen molar-refractivity contribution < 1.29 is 9.47 Å². The third-order valence-corrected chi connectivity index (χ3v) is 3.57. The summed E-state index contributed by atoms with van der Waals surface area (Å²) in [5.74, 6) is 0. The van der Waals surface area contributed by atoms with Crippen molar-refractivity contribution in [3.05, 3.63) is 35.4 Å². The van der Waals surface area contributed by atoms with E-state index in [1.54, 1.807) is 0 Å². The third-order valence-electron chi connectivity index (χ3n) is 3.57. The molecule has 0 aliphatic rings. The number of hydrogen-bond donors (Lipinski definition) is 1. The lowest BCUT2D eigenvalue weighted by molar-refractivity contribution is -0.133. The van der Waals surface area contributed by atoms with Gasteiger partial charge in [0.25, 0.3) is 0 Å². The molecule has 3 heteroatoms. The lowest BCUT2D eigenvalue weighted by Crippen LogP contribution is -2.33. The maximum atomic E-state index is 5.55. The second-order valence-electron chi connectivity index (χ2n) is 6.34. The Morgan fingerprint density at radius 3 is 1.95 bits per heavy atom. The molecule has 1 aromatic rings. The second kappa shape index (κ2) is 8.52. The monoisotopic (exact) mass is 293 g/mol. The van der Waals surface area contributed by atoms with Crippen LogP contribution in [0.1, 0.15) is 58.7 Å². The van der Waals surface area contributed by atoms with Crippen LogP contribution in [0.4, 0.5) is 0 Å². The van der Waals surface area contributed by atoms with Gasteiger partial charge in [0.15, 0.2) is 6.29 Å². The van der Waals surface area contributed by atoms with Crippen LogP contribution >= 0.6 is 0 Å². The predicted octanol–water partition coefficient (Wildman–Crippen LogP) is 4.03. The van der Waals surface area contributed by atoms with Gasteiger partial charge in [0.1, 0.15) is 0 Å². The smallest absolute Gasteiger partial charge is 0.169 e. The Morgan fingerprint density at radius 2 is 1.52 bits per heavy atom. The fraction of sp³-hybridized carbons (Fsp3) is 0.667. The molecule has 1 unspecified atom stereocenters. The summed E-state index contributed by atoms with van der Waals surface area (Å²) >= 11 is 0. The Balaban J connectivity index is 2.56. The van der Waals surface area contributed by atoms with Gasteiger partial charge in [-0.15, -0.1) is 0 Å². The Labute approximate surface area is 130 Å². The quantitative estimate of drug-likeness (QED) is 0.734. The molecule has 0 amide bonds. The number of benzene rings is 1. The summed E-state index contributed by atoms with van der Waals surface area (Å²) < 4.78 is 11.1. The Hall–Kier alpha value is -0.900. The molecule has 0 aromatic heterocycles.